The van der Waals surface area contributed by atoms with Gasteiger partial charge < -0.3 is 15.1 Å². The molecule has 1 amide bonds. The molecule has 218 valence electrons. The van der Waals surface area contributed by atoms with E-state index in [9.17, 15) is 14.4 Å². The standard InChI is InChI=1S/C36H35N3O4/c1-22-29(21-39-25-11-8-23(9-12-25)16-19-38-30(40)15-10-24-6-5-18-37-20-24)43-35-27-13-14-28-26(7-4-17-36(28,2)3)32(27)34(42)33(41)31(22)35/h5-6,8-15,18,20,39H,4,7,16-17,19,21H2,1-3H3,(H,38,40)/b15-10+. The molecule has 0 fully saturated rings. The topological polar surface area (TPSA) is 101 Å². The molecule has 0 spiro atoms. The largest absolute Gasteiger partial charge is 0.458 e. The Balaban J connectivity index is 1.11. The monoisotopic (exact) mass is 573 g/mol. The number of rotatable bonds is 8. The number of anilines is 1. The minimum absolute atomic E-state index is 0.0260. The van der Waals surface area contributed by atoms with Crippen molar-refractivity contribution in [2.75, 3.05) is 11.9 Å². The fourth-order valence-electron chi connectivity index (χ4n) is 6.26. The number of Topliss-reactive ketones (excluding diaryl/α,β-unsaturated/α-hetero) is 2. The van der Waals surface area contributed by atoms with E-state index in [0.29, 0.717) is 47.7 Å². The highest BCUT2D eigenvalue weighted by Crippen LogP contribution is 2.45. The minimum Gasteiger partial charge on any atom is -0.458 e. The third kappa shape index (κ3) is 5.55. The van der Waals surface area contributed by atoms with Crippen LogP contribution in [0.2, 0.25) is 0 Å². The Bertz CT molecular complexity index is 1750. The highest BCUT2D eigenvalue weighted by molar-refractivity contribution is 6.53. The lowest BCUT2D eigenvalue weighted by Gasteiger charge is -2.34. The van der Waals surface area contributed by atoms with Gasteiger partial charge in [-0.05, 0) is 84.6 Å². The predicted molar refractivity (Wildman–Crippen MR) is 167 cm³/mol. The van der Waals surface area contributed by atoms with E-state index < -0.39 is 11.6 Å². The first kappa shape index (κ1) is 28.3. The van der Waals surface area contributed by atoms with Gasteiger partial charge in [-0.1, -0.05) is 44.2 Å². The molecule has 6 rings (SSSR count). The van der Waals surface area contributed by atoms with Crippen LogP contribution in [0.1, 0.15) is 81.0 Å². The van der Waals surface area contributed by atoms with Crippen molar-refractivity contribution in [2.24, 2.45) is 0 Å². The molecule has 0 saturated carbocycles. The van der Waals surface area contributed by atoms with Crippen LogP contribution in [0.25, 0.3) is 17.4 Å². The summed E-state index contributed by atoms with van der Waals surface area (Å²) < 4.78 is 6.31. The molecular formula is C36H35N3O4. The van der Waals surface area contributed by atoms with E-state index >= 15 is 0 Å². The highest BCUT2D eigenvalue weighted by Gasteiger charge is 2.40. The molecule has 0 radical (unpaired) electrons. The molecule has 2 aliphatic rings. The van der Waals surface area contributed by atoms with Gasteiger partial charge in [0.15, 0.2) is 0 Å². The summed E-state index contributed by atoms with van der Waals surface area (Å²) in [5, 5.41) is 6.28. The van der Waals surface area contributed by atoms with Gasteiger partial charge in [-0.2, -0.15) is 0 Å². The minimum atomic E-state index is -0.476. The lowest BCUT2D eigenvalue weighted by molar-refractivity contribution is -0.116. The van der Waals surface area contributed by atoms with Crippen molar-refractivity contribution < 1.29 is 18.8 Å². The quantitative estimate of drug-likeness (QED) is 0.181. The zero-order valence-corrected chi connectivity index (χ0v) is 24.8. The fraction of sp³-hybridized carbons (Fsp3) is 0.278. The molecule has 0 unspecified atom stereocenters. The Hall–Kier alpha value is -4.78. The van der Waals surface area contributed by atoms with E-state index in [1.807, 2.05) is 49.4 Å². The van der Waals surface area contributed by atoms with Gasteiger partial charge in [0.2, 0.25) is 17.5 Å². The molecule has 7 nitrogen and oxygen atoms in total. The smallest absolute Gasteiger partial charge is 0.244 e. The Morgan fingerprint density at radius 1 is 1.05 bits per heavy atom. The van der Waals surface area contributed by atoms with Crippen LogP contribution in [0.3, 0.4) is 0 Å². The maximum atomic E-state index is 13.4. The second kappa shape index (κ2) is 11.5. The zero-order chi connectivity index (χ0) is 30.1. The number of nitrogens with one attached hydrogen (secondary N) is 2. The Kier molecular flexibility index (Phi) is 7.57. The number of pyridine rings is 1. The van der Waals surface area contributed by atoms with Crippen molar-refractivity contribution in [3.8, 4) is 11.3 Å². The van der Waals surface area contributed by atoms with E-state index in [2.05, 4.69) is 35.5 Å². The van der Waals surface area contributed by atoms with E-state index in [-0.39, 0.29) is 11.3 Å². The summed E-state index contributed by atoms with van der Waals surface area (Å²) in [6, 6.07) is 15.8. The molecule has 2 N–H and O–H groups in total. The number of aromatic nitrogens is 1. The first-order valence-electron chi connectivity index (χ1n) is 14.8. The lowest BCUT2D eigenvalue weighted by atomic mass is 9.69. The number of hydrogen-bond acceptors (Lipinski definition) is 6. The molecule has 2 heterocycles. The van der Waals surface area contributed by atoms with Crippen molar-refractivity contribution in [3.63, 3.8) is 0 Å². The summed E-state index contributed by atoms with van der Waals surface area (Å²) in [6.45, 7) is 7.15. The molecule has 0 saturated heterocycles. The maximum absolute atomic E-state index is 13.4. The number of nitrogens with zero attached hydrogens (tertiary/aromatic N) is 1. The third-order valence-electron chi connectivity index (χ3n) is 8.65. The molecule has 2 aromatic heterocycles. The van der Waals surface area contributed by atoms with Gasteiger partial charge in [-0.15, -0.1) is 0 Å². The van der Waals surface area contributed by atoms with Gasteiger partial charge in [-0.25, -0.2) is 0 Å². The number of benzene rings is 2. The normalized spacial score (nSPS) is 15.1. The molecule has 2 aliphatic carbocycles. The summed E-state index contributed by atoms with van der Waals surface area (Å²) in [7, 11) is 0. The SMILES string of the molecule is Cc1c(CNc2ccc(CCNC(=O)/C=C/c3cccnc3)cc2)oc2c1C(=O)C(=O)c1c-2ccc2c1CCCC2(C)C. The van der Waals surface area contributed by atoms with E-state index in [4.69, 9.17) is 4.42 Å². The number of ketones is 2. The van der Waals surface area contributed by atoms with Crippen molar-refractivity contribution >= 4 is 29.2 Å². The molecule has 43 heavy (non-hydrogen) atoms. The van der Waals surface area contributed by atoms with Crippen molar-refractivity contribution in [1.29, 1.82) is 0 Å². The number of fused-ring (bicyclic) bond motifs is 5. The van der Waals surface area contributed by atoms with Gasteiger partial charge in [0.1, 0.15) is 11.5 Å². The molecule has 0 bridgehead atoms. The summed E-state index contributed by atoms with van der Waals surface area (Å²) in [5.41, 5.74) is 7.37. The number of carbonyl (C=O) groups is 3. The second-order valence-corrected chi connectivity index (χ2v) is 12.0. The predicted octanol–water partition coefficient (Wildman–Crippen LogP) is 6.63. The van der Waals surface area contributed by atoms with E-state index in [1.54, 1.807) is 18.5 Å². The average molecular weight is 574 g/mol. The molecular weight excluding hydrogens is 538 g/mol. The van der Waals surface area contributed by atoms with Crippen LogP contribution in [0, 0.1) is 6.92 Å². The number of furan rings is 1. The van der Waals surface area contributed by atoms with Crippen LogP contribution in [0.4, 0.5) is 5.69 Å². The van der Waals surface area contributed by atoms with Crippen LogP contribution < -0.4 is 10.6 Å². The zero-order valence-electron chi connectivity index (χ0n) is 24.8. The highest BCUT2D eigenvalue weighted by atomic mass is 16.3. The van der Waals surface area contributed by atoms with Crippen molar-refractivity contribution in [3.05, 3.63) is 112 Å². The number of amides is 1. The summed E-state index contributed by atoms with van der Waals surface area (Å²) in [5.74, 6) is 0.105. The molecule has 0 atom stereocenters. The summed E-state index contributed by atoms with van der Waals surface area (Å²) >= 11 is 0. The van der Waals surface area contributed by atoms with Crippen LogP contribution in [0.15, 0.2) is 71.4 Å². The molecule has 2 aromatic carbocycles. The Morgan fingerprint density at radius 3 is 2.60 bits per heavy atom. The van der Waals surface area contributed by atoms with Gasteiger partial charge in [0.25, 0.3) is 0 Å². The third-order valence-corrected chi connectivity index (χ3v) is 8.65. The second-order valence-electron chi connectivity index (χ2n) is 12.0. The van der Waals surface area contributed by atoms with Crippen LogP contribution in [-0.4, -0.2) is 29.0 Å². The number of carbonyl (C=O) groups excluding carboxylic acids is 3. The van der Waals surface area contributed by atoms with Gasteiger partial charge >= 0.3 is 0 Å². The van der Waals surface area contributed by atoms with Crippen LogP contribution in [-0.2, 0) is 29.6 Å². The van der Waals surface area contributed by atoms with Gasteiger partial charge in [-0.3, -0.25) is 19.4 Å². The van der Waals surface area contributed by atoms with Crippen LogP contribution >= 0.6 is 0 Å². The fourth-order valence-corrected chi connectivity index (χ4v) is 6.26. The van der Waals surface area contributed by atoms with Crippen molar-refractivity contribution in [2.45, 2.75) is 58.4 Å². The first-order valence-corrected chi connectivity index (χ1v) is 14.8. The molecule has 0 aliphatic heterocycles. The Morgan fingerprint density at radius 2 is 1.84 bits per heavy atom. The molecule has 7 heteroatoms. The van der Waals surface area contributed by atoms with E-state index in [0.717, 1.165) is 52.8 Å². The first-order chi connectivity index (χ1) is 20.7. The molecule has 4 aromatic rings. The summed E-state index contributed by atoms with van der Waals surface area (Å²) in [6.07, 6.45) is 10.2. The van der Waals surface area contributed by atoms with Gasteiger partial charge in [0.05, 0.1) is 12.1 Å². The van der Waals surface area contributed by atoms with Gasteiger partial charge in [0, 0.05) is 47.4 Å². The summed E-state index contributed by atoms with van der Waals surface area (Å²) in [4.78, 5) is 42.9. The number of hydrogen-bond donors (Lipinski definition) is 2. The maximum Gasteiger partial charge on any atom is 0.244 e. The van der Waals surface area contributed by atoms with Crippen molar-refractivity contribution in [1.82, 2.24) is 10.3 Å². The Labute approximate surface area is 251 Å². The average Bonchev–Trinajstić information content (AvgIpc) is 3.34. The lowest BCUT2D eigenvalue weighted by Crippen LogP contribution is -2.29. The van der Waals surface area contributed by atoms with E-state index in [1.165, 1.54) is 6.08 Å². The van der Waals surface area contributed by atoms with Crippen LogP contribution in [0.5, 0.6) is 0 Å².